The number of ether oxygens (including phenoxy) is 1. The minimum absolute atomic E-state index is 0.243. The number of rotatable bonds is 2. The minimum atomic E-state index is -0.709. The molecule has 0 saturated carbocycles. The molecule has 0 radical (unpaired) electrons. The van der Waals surface area contributed by atoms with Crippen molar-refractivity contribution in [3.63, 3.8) is 0 Å². The molecule has 1 aliphatic heterocycles. The number of hydrogen-bond acceptors (Lipinski definition) is 3. The monoisotopic (exact) mass is 266 g/mol. The highest BCUT2D eigenvalue weighted by Crippen LogP contribution is 2.37. The molecule has 1 fully saturated rings. The smallest absolute Gasteiger partial charge is 0.493 e. The van der Waals surface area contributed by atoms with Crippen LogP contribution in [0, 0.1) is 12.7 Å². The van der Waals surface area contributed by atoms with Crippen molar-refractivity contribution in [3.05, 3.63) is 23.5 Å². The second-order valence-electron chi connectivity index (χ2n) is 5.91. The van der Waals surface area contributed by atoms with Crippen LogP contribution in [-0.4, -0.2) is 25.4 Å². The third-order valence-electron chi connectivity index (χ3n) is 4.04. The van der Waals surface area contributed by atoms with E-state index in [4.69, 9.17) is 14.0 Å². The molecule has 0 aromatic heterocycles. The summed E-state index contributed by atoms with van der Waals surface area (Å²) >= 11 is 0. The van der Waals surface area contributed by atoms with Crippen molar-refractivity contribution in [1.82, 2.24) is 0 Å². The van der Waals surface area contributed by atoms with Crippen LogP contribution in [0.2, 0.25) is 0 Å². The molecule has 2 rings (SSSR count). The molecule has 0 bridgehead atoms. The van der Waals surface area contributed by atoms with Gasteiger partial charge in [-0.3, -0.25) is 0 Å². The first-order chi connectivity index (χ1) is 8.69. The van der Waals surface area contributed by atoms with Gasteiger partial charge in [-0.15, -0.1) is 0 Å². The lowest BCUT2D eigenvalue weighted by atomic mass is 9.78. The Morgan fingerprint density at radius 1 is 1.11 bits per heavy atom. The molecule has 0 atom stereocenters. The lowest BCUT2D eigenvalue weighted by Crippen LogP contribution is -2.41. The molecule has 1 aromatic carbocycles. The van der Waals surface area contributed by atoms with E-state index in [0.717, 1.165) is 5.56 Å². The molecule has 0 N–H and O–H groups in total. The first-order valence-corrected chi connectivity index (χ1v) is 6.38. The van der Waals surface area contributed by atoms with Crippen molar-refractivity contribution < 1.29 is 18.4 Å². The summed E-state index contributed by atoms with van der Waals surface area (Å²) in [6.07, 6.45) is 0. The van der Waals surface area contributed by atoms with Crippen molar-refractivity contribution >= 4 is 12.6 Å². The summed E-state index contributed by atoms with van der Waals surface area (Å²) in [6.45, 7) is 9.56. The zero-order valence-electron chi connectivity index (χ0n) is 12.3. The van der Waals surface area contributed by atoms with E-state index in [0.29, 0.717) is 5.46 Å². The predicted octanol–water partition coefficient (Wildman–Crippen LogP) is 2.44. The fourth-order valence-electron chi connectivity index (χ4n) is 2.07. The van der Waals surface area contributed by atoms with Crippen LogP contribution in [0.4, 0.5) is 4.39 Å². The quantitative estimate of drug-likeness (QED) is 0.769. The SMILES string of the molecule is COc1c(C)ccc(B2OC(C)(C)C(C)(C)O2)c1F. The maximum atomic E-state index is 14.4. The zero-order valence-corrected chi connectivity index (χ0v) is 12.3. The lowest BCUT2D eigenvalue weighted by molar-refractivity contribution is 0.00578. The number of aryl methyl sites for hydroxylation is 1. The van der Waals surface area contributed by atoms with Crippen LogP contribution in [0.3, 0.4) is 0 Å². The standard InChI is InChI=1S/C14H20BFO3/c1-9-7-8-10(11(16)12(9)17-6)15-18-13(2,3)14(4,5)19-15/h7-8H,1-6H3. The van der Waals surface area contributed by atoms with Crippen molar-refractivity contribution in [2.24, 2.45) is 0 Å². The van der Waals surface area contributed by atoms with Gasteiger partial charge in [0, 0.05) is 5.46 Å². The van der Waals surface area contributed by atoms with Crippen molar-refractivity contribution in [2.45, 2.75) is 45.8 Å². The molecule has 19 heavy (non-hydrogen) atoms. The Morgan fingerprint density at radius 2 is 1.63 bits per heavy atom. The molecular formula is C14H20BFO3. The van der Waals surface area contributed by atoms with E-state index in [9.17, 15) is 4.39 Å². The summed E-state index contributed by atoms with van der Waals surface area (Å²) in [7, 11) is 0.749. The van der Waals surface area contributed by atoms with Gasteiger partial charge in [0.1, 0.15) is 0 Å². The van der Waals surface area contributed by atoms with Crippen LogP contribution in [0.1, 0.15) is 33.3 Å². The van der Waals surface area contributed by atoms with Crippen molar-refractivity contribution in [2.75, 3.05) is 7.11 Å². The predicted molar refractivity (Wildman–Crippen MR) is 73.4 cm³/mol. The Hall–Kier alpha value is -1.07. The number of hydrogen-bond donors (Lipinski definition) is 0. The van der Waals surface area contributed by atoms with Gasteiger partial charge in [0.05, 0.1) is 18.3 Å². The summed E-state index contributed by atoms with van der Waals surface area (Å²) in [6, 6.07) is 3.50. The highest BCUT2D eigenvalue weighted by molar-refractivity contribution is 6.62. The maximum Gasteiger partial charge on any atom is 0.497 e. The lowest BCUT2D eigenvalue weighted by Gasteiger charge is -2.32. The Kier molecular flexibility index (Phi) is 3.39. The largest absolute Gasteiger partial charge is 0.497 e. The fraction of sp³-hybridized carbons (Fsp3) is 0.571. The molecule has 1 aliphatic rings. The Bertz CT molecular complexity index is 484. The van der Waals surface area contributed by atoms with Gasteiger partial charge in [-0.1, -0.05) is 12.1 Å². The third-order valence-corrected chi connectivity index (χ3v) is 4.04. The summed E-state index contributed by atoms with van der Waals surface area (Å²) < 4.78 is 31.2. The molecule has 3 nitrogen and oxygen atoms in total. The average molecular weight is 266 g/mol. The van der Waals surface area contributed by atoms with E-state index in [-0.39, 0.29) is 5.75 Å². The summed E-state index contributed by atoms with van der Waals surface area (Å²) in [4.78, 5) is 0. The Balaban J connectivity index is 2.40. The van der Waals surface area contributed by atoms with Crippen LogP contribution in [0.25, 0.3) is 0 Å². The molecule has 0 amide bonds. The molecule has 5 heteroatoms. The van der Waals surface area contributed by atoms with E-state index in [1.807, 2.05) is 33.8 Å². The van der Waals surface area contributed by atoms with Gasteiger partial charge in [0.15, 0.2) is 11.6 Å². The number of methoxy groups -OCH3 is 1. The first-order valence-electron chi connectivity index (χ1n) is 6.38. The van der Waals surface area contributed by atoms with Crippen molar-refractivity contribution in [3.8, 4) is 5.75 Å². The second kappa shape index (κ2) is 4.49. The van der Waals surface area contributed by atoms with Gasteiger partial charge in [0.2, 0.25) is 0 Å². The molecule has 1 saturated heterocycles. The second-order valence-corrected chi connectivity index (χ2v) is 5.91. The number of benzene rings is 1. The van der Waals surface area contributed by atoms with Crippen LogP contribution in [0.5, 0.6) is 5.75 Å². The first kappa shape index (κ1) is 14.3. The van der Waals surface area contributed by atoms with Gasteiger partial charge >= 0.3 is 7.12 Å². The molecule has 0 spiro atoms. The highest BCUT2D eigenvalue weighted by Gasteiger charge is 2.52. The summed E-state index contributed by atoms with van der Waals surface area (Å²) in [5, 5.41) is 0. The van der Waals surface area contributed by atoms with Gasteiger partial charge in [0.25, 0.3) is 0 Å². The number of halogens is 1. The minimum Gasteiger partial charge on any atom is -0.493 e. The molecular weight excluding hydrogens is 246 g/mol. The highest BCUT2D eigenvalue weighted by atomic mass is 19.1. The van der Waals surface area contributed by atoms with Crippen LogP contribution >= 0.6 is 0 Å². The third kappa shape index (κ3) is 2.25. The average Bonchev–Trinajstić information content (AvgIpc) is 2.48. The van der Waals surface area contributed by atoms with Crippen LogP contribution < -0.4 is 10.2 Å². The Labute approximate surface area is 114 Å². The van der Waals surface area contributed by atoms with Gasteiger partial charge in [-0.2, -0.15) is 0 Å². The van der Waals surface area contributed by atoms with E-state index < -0.39 is 24.1 Å². The van der Waals surface area contributed by atoms with Gasteiger partial charge < -0.3 is 14.0 Å². The van der Waals surface area contributed by atoms with E-state index in [2.05, 4.69) is 0 Å². The Morgan fingerprint density at radius 3 is 2.11 bits per heavy atom. The van der Waals surface area contributed by atoms with E-state index in [1.54, 1.807) is 13.0 Å². The van der Waals surface area contributed by atoms with E-state index in [1.165, 1.54) is 7.11 Å². The zero-order chi connectivity index (χ0) is 14.4. The fourth-order valence-corrected chi connectivity index (χ4v) is 2.07. The maximum absolute atomic E-state index is 14.4. The molecule has 0 aliphatic carbocycles. The summed E-state index contributed by atoms with van der Waals surface area (Å²) in [5.41, 5.74) is 0.158. The molecule has 104 valence electrons. The van der Waals surface area contributed by atoms with Crippen LogP contribution in [0.15, 0.2) is 12.1 Å². The van der Waals surface area contributed by atoms with E-state index >= 15 is 0 Å². The van der Waals surface area contributed by atoms with Gasteiger partial charge in [-0.05, 0) is 40.2 Å². The van der Waals surface area contributed by atoms with Crippen molar-refractivity contribution in [1.29, 1.82) is 0 Å². The molecule has 0 unspecified atom stereocenters. The summed E-state index contributed by atoms with van der Waals surface area (Å²) in [5.74, 6) is -0.173. The molecule has 1 aromatic rings. The van der Waals surface area contributed by atoms with Crippen LogP contribution in [-0.2, 0) is 9.31 Å². The topological polar surface area (TPSA) is 27.7 Å². The molecule has 1 heterocycles. The normalized spacial score (nSPS) is 20.7. The van der Waals surface area contributed by atoms with Gasteiger partial charge in [-0.25, -0.2) is 4.39 Å².